The highest BCUT2D eigenvalue weighted by atomic mass is 16.4. The summed E-state index contributed by atoms with van der Waals surface area (Å²) in [5.41, 5.74) is 5.73. The molecule has 0 amide bonds. The van der Waals surface area contributed by atoms with Gasteiger partial charge in [-0.3, -0.25) is 4.98 Å². The molecular formula is C23H26N4O2. The van der Waals surface area contributed by atoms with Gasteiger partial charge in [0.2, 0.25) is 0 Å². The minimum Gasteiger partial charge on any atom is -0.478 e. The highest BCUT2D eigenvalue weighted by molar-refractivity contribution is 5.99. The number of carboxylic acids is 1. The van der Waals surface area contributed by atoms with Crippen molar-refractivity contribution in [2.75, 3.05) is 0 Å². The maximum absolute atomic E-state index is 11.3. The monoisotopic (exact) mass is 390 g/mol. The fourth-order valence-corrected chi connectivity index (χ4v) is 4.37. The third-order valence-corrected chi connectivity index (χ3v) is 5.70. The fourth-order valence-electron chi connectivity index (χ4n) is 4.37. The Morgan fingerprint density at radius 2 is 2.03 bits per heavy atom. The van der Waals surface area contributed by atoms with E-state index in [9.17, 15) is 9.90 Å². The number of hydrogen-bond acceptors (Lipinski definition) is 4. The Labute approximate surface area is 170 Å². The second-order valence-corrected chi connectivity index (χ2v) is 7.74. The van der Waals surface area contributed by atoms with Crippen molar-refractivity contribution < 1.29 is 9.90 Å². The normalized spacial score (nSPS) is 15.4. The lowest BCUT2D eigenvalue weighted by atomic mass is 9.82. The van der Waals surface area contributed by atoms with E-state index in [4.69, 9.17) is 4.98 Å². The van der Waals surface area contributed by atoms with Crippen LogP contribution in [0.15, 0.2) is 30.7 Å². The van der Waals surface area contributed by atoms with Crippen molar-refractivity contribution in [3.8, 4) is 11.1 Å². The molecule has 3 heterocycles. The van der Waals surface area contributed by atoms with Gasteiger partial charge < -0.3 is 5.11 Å². The van der Waals surface area contributed by atoms with Gasteiger partial charge in [-0.25, -0.2) is 14.5 Å². The third kappa shape index (κ3) is 3.79. The molecule has 29 heavy (non-hydrogen) atoms. The highest BCUT2D eigenvalue weighted by Gasteiger charge is 2.25. The van der Waals surface area contributed by atoms with Gasteiger partial charge in [0.05, 0.1) is 11.9 Å². The highest BCUT2D eigenvalue weighted by Crippen LogP contribution is 2.40. The van der Waals surface area contributed by atoms with Crippen molar-refractivity contribution in [3.05, 3.63) is 47.6 Å². The molecule has 1 aliphatic rings. The summed E-state index contributed by atoms with van der Waals surface area (Å²) in [4.78, 5) is 20.8. The molecule has 1 aliphatic carbocycles. The van der Waals surface area contributed by atoms with Crippen molar-refractivity contribution in [1.82, 2.24) is 19.7 Å². The zero-order valence-corrected chi connectivity index (χ0v) is 16.9. The maximum Gasteiger partial charge on any atom is 0.328 e. The van der Waals surface area contributed by atoms with Crippen LogP contribution in [0.25, 0.3) is 28.2 Å². The Hall–Kier alpha value is -3.02. The van der Waals surface area contributed by atoms with Crippen LogP contribution in [0.1, 0.15) is 61.8 Å². The molecule has 0 unspecified atom stereocenters. The summed E-state index contributed by atoms with van der Waals surface area (Å²) in [6.07, 6.45) is 14.2. The van der Waals surface area contributed by atoms with Gasteiger partial charge in [0.1, 0.15) is 0 Å². The smallest absolute Gasteiger partial charge is 0.328 e. The van der Waals surface area contributed by atoms with E-state index >= 15 is 0 Å². The molecule has 0 aromatic carbocycles. The second-order valence-electron chi connectivity index (χ2n) is 7.74. The third-order valence-electron chi connectivity index (χ3n) is 5.70. The van der Waals surface area contributed by atoms with Crippen LogP contribution in [0.5, 0.6) is 0 Å². The Kier molecular flexibility index (Phi) is 5.43. The van der Waals surface area contributed by atoms with E-state index < -0.39 is 5.97 Å². The molecule has 1 N–H and O–H groups in total. The molecule has 0 bridgehead atoms. The lowest BCUT2D eigenvalue weighted by Crippen LogP contribution is -2.11. The van der Waals surface area contributed by atoms with E-state index in [0.29, 0.717) is 5.92 Å². The molecule has 0 saturated heterocycles. The van der Waals surface area contributed by atoms with Gasteiger partial charge in [0.15, 0.2) is 5.65 Å². The summed E-state index contributed by atoms with van der Waals surface area (Å²) < 4.78 is 1.92. The summed E-state index contributed by atoms with van der Waals surface area (Å²) >= 11 is 0. The fraction of sp³-hybridized carbons (Fsp3) is 0.391. The quantitative estimate of drug-likeness (QED) is 0.622. The summed E-state index contributed by atoms with van der Waals surface area (Å²) in [6, 6.07) is 2.09. The number of carboxylic acid groups (broad SMARTS) is 1. The average molecular weight is 390 g/mol. The minimum atomic E-state index is -0.961. The SMILES string of the molecule is CCn1ncc2c(-c3cncc(C)c3)c(/C=C/C(=O)O)c(C3CCCCC3)nc21. The molecule has 0 radical (unpaired) electrons. The maximum atomic E-state index is 11.3. The van der Waals surface area contributed by atoms with E-state index in [-0.39, 0.29) is 0 Å². The van der Waals surface area contributed by atoms with Crippen molar-refractivity contribution >= 4 is 23.1 Å². The first-order valence-electron chi connectivity index (χ1n) is 10.3. The summed E-state index contributed by atoms with van der Waals surface area (Å²) in [7, 11) is 0. The number of rotatable bonds is 5. The Morgan fingerprint density at radius 3 is 2.72 bits per heavy atom. The van der Waals surface area contributed by atoms with Crippen molar-refractivity contribution in [2.45, 2.75) is 58.4 Å². The van der Waals surface area contributed by atoms with Crippen molar-refractivity contribution in [1.29, 1.82) is 0 Å². The number of carbonyl (C=O) groups is 1. The molecule has 1 saturated carbocycles. The van der Waals surface area contributed by atoms with Gasteiger partial charge in [-0.1, -0.05) is 19.3 Å². The molecule has 1 fully saturated rings. The van der Waals surface area contributed by atoms with E-state index in [0.717, 1.165) is 58.4 Å². The molecule has 3 aromatic rings. The molecule has 150 valence electrons. The molecule has 6 nitrogen and oxygen atoms in total. The van der Waals surface area contributed by atoms with Gasteiger partial charge >= 0.3 is 5.97 Å². The molecular weight excluding hydrogens is 364 g/mol. The van der Waals surface area contributed by atoms with Crippen LogP contribution in [0.3, 0.4) is 0 Å². The first kappa shape index (κ1) is 19.3. The molecule has 0 spiro atoms. The number of aliphatic carboxylic acids is 1. The van der Waals surface area contributed by atoms with E-state index in [1.807, 2.05) is 30.2 Å². The zero-order chi connectivity index (χ0) is 20.4. The van der Waals surface area contributed by atoms with Crippen molar-refractivity contribution in [2.24, 2.45) is 0 Å². The summed E-state index contributed by atoms with van der Waals surface area (Å²) in [5, 5.41) is 14.8. The van der Waals surface area contributed by atoms with Gasteiger partial charge in [0.25, 0.3) is 0 Å². The molecule has 0 aliphatic heterocycles. The molecule has 3 aromatic heterocycles. The van der Waals surface area contributed by atoms with Crippen LogP contribution in [0.4, 0.5) is 0 Å². The predicted molar refractivity (Wildman–Crippen MR) is 114 cm³/mol. The first-order valence-corrected chi connectivity index (χ1v) is 10.3. The number of aryl methyl sites for hydroxylation is 2. The Bertz CT molecular complexity index is 1080. The number of fused-ring (bicyclic) bond motifs is 1. The van der Waals surface area contributed by atoms with Crippen molar-refractivity contribution in [3.63, 3.8) is 0 Å². The van der Waals surface area contributed by atoms with E-state index in [2.05, 4.69) is 23.1 Å². The Morgan fingerprint density at radius 1 is 1.24 bits per heavy atom. The molecule has 6 heteroatoms. The number of nitrogens with zero attached hydrogens (tertiary/aromatic N) is 4. The average Bonchev–Trinajstić information content (AvgIpc) is 3.14. The van der Waals surface area contributed by atoms with Crippen LogP contribution in [0, 0.1) is 6.92 Å². The van der Waals surface area contributed by atoms with Crippen LogP contribution in [0.2, 0.25) is 0 Å². The second kappa shape index (κ2) is 8.15. The van der Waals surface area contributed by atoms with Crippen LogP contribution >= 0.6 is 0 Å². The standard InChI is InChI=1S/C23H26N4O2/c1-3-27-23-19(14-25-27)21(17-11-15(2)12-24-13-17)18(9-10-20(28)29)22(26-23)16-7-5-4-6-8-16/h9-14,16H,3-8H2,1-2H3,(H,28,29)/b10-9+. The van der Waals surface area contributed by atoms with Gasteiger partial charge in [0, 0.05) is 53.0 Å². The van der Waals surface area contributed by atoms with Gasteiger partial charge in [-0.2, -0.15) is 5.10 Å². The lowest BCUT2D eigenvalue weighted by molar-refractivity contribution is -0.131. The number of aromatic nitrogens is 4. The van der Waals surface area contributed by atoms with Crippen LogP contribution in [-0.4, -0.2) is 30.8 Å². The van der Waals surface area contributed by atoms with Gasteiger partial charge in [-0.05, 0) is 44.4 Å². The van der Waals surface area contributed by atoms with Crippen LogP contribution in [-0.2, 0) is 11.3 Å². The van der Waals surface area contributed by atoms with Crippen LogP contribution < -0.4 is 0 Å². The largest absolute Gasteiger partial charge is 0.478 e. The lowest BCUT2D eigenvalue weighted by Gasteiger charge is -2.24. The predicted octanol–water partition coefficient (Wildman–Crippen LogP) is 4.97. The van der Waals surface area contributed by atoms with E-state index in [1.165, 1.54) is 25.3 Å². The molecule has 4 rings (SSSR count). The zero-order valence-electron chi connectivity index (χ0n) is 16.9. The minimum absolute atomic E-state index is 0.332. The van der Waals surface area contributed by atoms with E-state index in [1.54, 1.807) is 6.08 Å². The van der Waals surface area contributed by atoms with Gasteiger partial charge in [-0.15, -0.1) is 0 Å². The number of pyridine rings is 2. The number of hydrogen-bond donors (Lipinski definition) is 1. The summed E-state index contributed by atoms with van der Waals surface area (Å²) in [5.74, 6) is -0.629. The Balaban J connectivity index is 2.06. The first-order chi connectivity index (χ1) is 14.1. The summed E-state index contributed by atoms with van der Waals surface area (Å²) in [6.45, 7) is 4.80. The molecule has 0 atom stereocenters. The topological polar surface area (TPSA) is 80.9 Å².